The van der Waals surface area contributed by atoms with E-state index in [4.69, 9.17) is 14.5 Å². The Morgan fingerprint density at radius 2 is 1.64 bits per heavy atom. The third kappa shape index (κ3) is 5.12. The number of amides is 1. The van der Waals surface area contributed by atoms with E-state index in [1.54, 1.807) is 24.3 Å². The van der Waals surface area contributed by atoms with E-state index in [-0.39, 0.29) is 11.3 Å². The van der Waals surface area contributed by atoms with Crippen LogP contribution in [0.3, 0.4) is 0 Å². The maximum absolute atomic E-state index is 13.5. The molecule has 4 aromatic rings. The number of nitrogens with zero attached hydrogens (tertiary/aromatic N) is 2. The first kappa shape index (κ1) is 26.4. The maximum Gasteiger partial charge on any atom is 0.301 e. The number of benzene rings is 3. The van der Waals surface area contributed by atoms with Crippen molar-refractivity contribution in [2.24, 2.45) is 0 Å². The fourth-order valence-corrected chi connectivity index (χ4v) is 5.68. The molecule has 7 nitrogen and oxygen atoms in total. The lowest BCUT2D eigenvalue weighted by Gasteiger charge is -2.23. The first-order valence-corrected chi connectivity index (χ1v) is 13.9. The topological polar surface area (TPSA) is 89.0 Å². The molecule has 5 rings (SSSR count). The van der Waals surface area contributed by atoms with Crippen molar-refractivity contribution < 1.29 is 24.2 Å². The molecule has 1 aromatic heterocycles. The molecule has 0 unspecified atom stereocenters. The van der Waals surface area contributed by atoms with Crippen LogP contribution in [-0.4, -0.2) is 35.0 Å². The van der Waals surface area contributed by atoms with Crippen LogP contribution in [0.15, 0.2) is 72.3 Å². The van der Waals surface area contributed by atoms with Crippen molar-refractivity contribution in [1.29, 1.82) is 0 Å². The van der Waals surface area contributed by atoms with Gasteiger partial charge in [-0.15, -0.1) is 0 Å². The molecule has 1 fully saturated rings. The molecule has 8 heteroatoms. The number of hydrogen-bond donors (Lipinski definition) is 1. The van der Waals surface area contributed by atoms with Crippen LogP contribution in [0.5, 0.6) is 11.5 Å². The summed E-state index contributed by atoms with van der Waals surface area (Å²) in [7, 11) is 0. The number of aromatic nitrogens is 1. The number of carbonyl (C=O) groups excluding carboxylic acids is 2. The van der Waals surface area contributed by atoms with Crippen molar-refractivity contribution in [2.45, 2.75) is 39.7 Å². The number of aliphatic hydroxyl groups is 1. The molecular weight excluding hydrogens is 512 g/mol. The molecule has 39 heavy (non-hydrogen) atoms. The zero-order valence-corrected chi connectivity index (χ0v) is 23.0. The number of rotatable bonds is 9. The molecule has 0 aliphatic carbocycles. The number of thiazole rings is 1. The quantitative estimate of drug-likeness (QED) is 0.144. The Kier molecular flexibility index (Phi) is 7.65. The van der Waals surface area contributed by atoms with Crippen molar-refractivity contribution in [1.82, 2.24) is 4.98 Å². The van der Waals surface area contributed by atoms with Gasteiger partial charge in [0.1, 0.15) is 17.3 Å². The standard InChI is InChI=1S/C31H30N2O5S/c1-4-17-38-23-12-8-20(9-13-23)27-26(28(34)21-10-14-22(15-11-21)37-6-3)29(35)30(36)33(27)31-32-24-16-7-19(5-2)18-25(24)39-31/h7-16,18,27,34H,4-6,17H2,1-3H3/t27-/m1/s1. The molecule has 0 saturated carbocycles. The van der Waals surface area contributed by atoms with Crippen molar-refractivity contribution in [3.63, 3.8) is 0 Å². The minimum Gasteiger partial charge on any atom is -0.507 e. The third-order valence-electron chi connectivity index (χ3n) is 6.61. The van der Waals surface area contributed by atoms with Gasteiger partial charge in [0.05, 0.1) is 35.0 Å². The molecular formula is C31H30N2O5S. The fourth-order valence-electron chi connectivity index (χ4n) is 4.62. The summed E-state index contributed by atoms with van der Waals surface area (Å²) in [6, 6.07) is 19.2. The number of fused-ring (bicyclic) bond motifs is 1. The molecule has 0 bridgehead atoms. The summed E-state index contributed by atoms with van der Waals surface area (Å²) in [5.41, 5.74) is 3.01. The minimum atomic E-state index is -0.858. The molecule has 1 aliphatic rings. The van der Waals surface area contributed by atoms with Crippen LogP contribution < -0.4 is 14.4 Å². The summed E-state index contributed by atoms with van der Waals surface area (Å²) >= 11 is 1.36. The second-order valence-corrected chi connectivity index (χ2v) is 10.2. The highest BCUT2D eigenvalue weighted by atomic mass is 32.1. The lowest BCUT2D eigenvalue weighted by Crippen LogP contribution is -2.29. The fraction of sp³-hybridized carbons (Fsp3) is 0.258. The van der Waals surface area contributed by atoms with Crippen molar-refractivity contribution in [3.05, 3.63) is 89.0 Å². The number of ketones is 1. The van der Waals surface area contributed by atoms with Crippen LogP contribution in [0.4, 0.5) is 5.13 Å². The van der Waals surface area contributed by atoms with Gasteiger partial charge in [-0.2, -0.15) is 0 Å². The van der Waals surface area contributed by atoms with E-state index < -0.39 is 17.7 Å². The second-order valence-electron chi connectivity index (χ2n) is 9.20. The van der Waals surface area contributed by atoms with E-state index in [0.717, 1.165) is 28.6 Å². The molecule has 0 radical (unpaired) electrons. The van der Waals surface area contributed by atoms with Crippen LogP contribution >= 0.6 is 11.3 Å². The first-order chi connectivity index (χ1) is 18.9. The predicted octanol–water partition coefficient (Wildman–Crippen LogP) is 6.67. The molecule has 1 amide bonds. The average molecular weight is 543 g/mol. The van der Waals surface area contributed by atoms with E-state index in [1.807, 2.05) is 50.2 Å². The summed E-state index contributed by atoms with van der Waals surface area (Å²) in [6.07, 6.45) is 1.75. The average Bonchev–Trinajstić information content (AvgIpc) is 3.49. The number of anilines is 1. The van der Waals surface area contributed by atoms with E-state index >= 15 is 0 Å². The van der Waals surface area contributed by atoms with Crippen molar-refractivity contribution in [2.75, 3.05) is 18.1 Å². The highest BCUT2D eigenvalue weighted by Gasteiger charge is 2.48. The molecule has 0 spiro atoms. The maximum atomic E-state index is 13.5. The van der Waals surface area contributed by atoms with E-state index in [1.165, 1.54) is 16.2 Å². The largest absolute Gasteiger partial charge is 0.507 e. The summed E-state index contributed by atoms with van der Waals surface area (Å²) < 4.78 is 12.2. The number of hydrogen-bond acceptors (Lipinski definition) is 7. The van der Waals surface area contributed by atoms with Gasteiger partial charge in [-0.1, -0.05) is 43.4 Å². The Bertz CT molecular complexity index is 1540. The van der Waals surface area contributed by atoms with Crippen LogP contribution in [0.25, 0.3) is 16.0 Å². The monoisotopic (exact) mass is 542 g/mol. The van der Waals surface area contributed by atoms with Gasteiger partial charge >= 0.3 is 5.91 Å². The van der Waals surface area contributed by atoms with E-state index in [9.17, 15) is 14.7 Å². The molecule has 1 saturated heterocycles. The number of Topliss-reactive ketones (excluding diaryl/α,β-unsaturated/α-hetero) is 1. The number of aliphatic hydroxyl groups excluding tert-OH is 1. The number of carbonyl (C=O) groups is 2. The molecule has 1 aliphatic heterocycles. The zero-order valence-electron chi connectivity index (χ0n) is 22.1. The normalized spacial score (nSPS) is 16.7. The highest BCUT2D eigenvalue weighted by Crippen LogP contribution is 2.44. The minimum absolute atomic E-state index is 0.0138. The summed E-state index contributed by atoms with van der Waals surface area (Å²) in [5, 5.41) is 11.8. The van der Waals surface area contributed by atoms with Gasteiger partial charge in [-0.25, -0.2) is 4.98 Å². The van der Waals surface area contributed by atoms with Crippen LogP contribution in [0, 0.1) is 0 Å². The van der Waals surface area contributed by atoms with Gasteiger partial charge in [0.2, 0.25) is 0 Å². The highest BCUT2D eigenvalue weighted by molar-refractivity contribution is 7.22. The summed E-state index contributed by atoms with van der Waals surface area (Å²) in [5.74, 6) is -0.393. The van der Waals surface area contributed by atoms with Crippen LogP contribution in [0.1, 0.15) is 49.9 Å². The predicted molar refractivity (Wildman–Crippen MR) is 154 cm³/mol. The molecule has 200 valence electrons. The van der Waals surface area contributed by atoms with Crippen LogP contribution in [-0.2, 0) is 16.0 Å². The van der Waals surface area contributed by atoms with Gasteiger partial charge in [-0.3, -0.25) is 14.5 Å². The Hall–Kier alpha value is -4.17. The van der Waals surface area contributed by atoms with Gasteiger partial charge in [-0.05, 0) is 79.4 Å². The van der Waals surface area contributed by atoms with Crippen molar-refractivity contribution in [3.8, 4) is 11.5 Å². The zero-order chi connectivity index (χ0) is 27.5. The Labute approximate surface area is 231 Å². The first-order valence-electron chi connectivity index (χ1n) is 13.1. The number of ether oxygens (including phenoxy) is 2. The van der Waals surface area contributed by atoms with E-state index in [0.29, 0.717) is 41.0 Å². The molecule has 1 N–H and O–H groups in total. The summed E-state index contributed by atoms with van der Waals surface area (Å²) in [4.78, 5) is 33.2. The Balaban J connectivity index is 1.64. The molecule has 3 aromatic carbocycles. The van der Waals surface area contributed by atoms with Gasteiger partial charge in [0, 0.05) is 5.56 Å². The van der Waals surface area contributed by atoms with Gasteiger partial charge in [0.15, 0.2) is 5.13 Å². The summed E-state index contributed by atoms with van der Waals surface area (Å²) in [6.45, 7) is 7.09. The lowest BCUT2D eigenvalue weighted by molar-refractivity contribution is -0.132. The van der Waals surface area contributed by atoms with E-state index in [2.05, 4.69) is 13.0 Å². The SMILES string of the molecule is CCCOc1ccc([C@@H]2C(=C(O)c3ccc(OCC)cc3)C(=O)C(=O)N2c2nc3ccc(CC)cc3s2)cc1. The second kappa shape index (κ2) is 11.3. The lowest BCUT2D eigenvalue weighted by atomic mass is 9.95. The smallest absolute Gasteiger partial charge is 0.301 e. The van der Waals surface area contributed by atoms with Crippen LogP contribution in [0.2, 0.25) is 0 Å². The third-order valence-corrected chi connectivity index (χ3v) is 7.63. The molecule has 1 atom stereocenters. The van der Waals surface area contributed by atoms with Gasteiger partial charge in [0.25, 0.3) is 5.78 Å². The Morgan fingerprint density at radius 3 is 2.31 bits per heavy atom. The Morgan fingerprint density at radius 1 is 0.949 bits per heavy atom. The molecule has 2 heterocycles. The van der Waals surface area contributed by atoms with Gasteiger partial charge < -0.3 is 14.6 Å². The number of aryl methyl sites for hydroxylation is 1. The van der Waals surface area contributed by atoms with Crippen molar-refractivity contribution >= 4 is 44.1 Å².